The van der Waals surface area contributed by atoms with Gasteiger partial charge in [0.2, 0.25) is 5.91 Å². The van der Waals surface area contributed by atoms with Gasteiger partial charge >= 0.3 is 11.9 Å². The molecule has 2 rings (SSSR count). The number of rotatable bonds is 8. The smallest absolute Gasteiger partial charge is 0.326 e. The molecule has 0 spiro atoms. The van der Waals surface area contributed by atoms with E-state index in [0.29, 0.717) is 19.4 Å². The standard InChI is InChI=1S/C19H32N2O5/c1-4-8-14(19(25)26-5-2)20-12(3)17(22)21-15-10-7-6-9-13(15)11-16(21)18(23)24/h12-16,20H,4-11H2,1-3H3,(H,23,24)/t12-,13?,14-,15-,16?/m0/s1. The van der Waals surface area contributed by atoms with E-state index in [-0.39, 0.29) is 23.8 Å². The fourth-order valence-corrected chi connectivity index (χ4v) is 4.39. The summed E-state index contributed by atoms with van der Waals surface area (Å²) < 4.78 is 5.09. The number of amides is 1. The minimum absolute atomic E-state index is 0.00817. The molecule has 1 aliphatic heterocycles. The lowest BCUT2D eigenvalue weighted by molar-refractivity contribution is -0.152. The van der Waals surface area contributed by atoms with Gasteiger partial charge in [-0.3, -0.25) is 14.9 Å². The molecule has 1 heterocycles. The quantitative estimate of drug-likeness (QED) is 0.636. The first kappa shape index (κ1) is 20.7. The highest BCUT2D eigenvalue weighted by molar-refractivity contribution is 5.88. The first-order valence-corrected chi connectivity index (χ1v) is 9.88. The van der Waals surface area contributed by atoms with Crippen molar-refractivity contribution >= 4 is 17.8 Å². The fourth-order valence-electron chi connectivity index (χ4n) is 4.39. The van der Waals surface area contributed by atoms with Gasteiger partial charge in [0.15, 0.2) is 0 Å². The number of carbonyl (C=O) groups is 3. The maximum absolute atomic E-state index is 13.1. The SMILES string of the molecule is CCC[C@H](N[C@@H](C)C(=O)N1C(C(=O)O)CC2CCCC[C@@H]21)C(=O)OCC. The summed E-state index contributed by atoms with van der Waals surface area (Å²) in [4.78, 5) is 38.5. The number of hydrogen-bond donors (Lipinski definition) is 2. The Morgan fingerprint density at radius 2 is 1.92 bits per heavy atom. The zero-order chi connectivity index (χ0) is 19.3. The minimum Gasteiger partial charge on any atom is -0.480 e. The second kappa shape index (κ2) is 9.35. The Balaban J connectivity index is 2.10. The van der Waals surface area contributed by atoms with Gasteiger partial charge in [0.1, 0.15) is 12.1 Å². The predicted molar refractivity (Wildman–Crippen MR) is 96.6 cm³/mol. The van der Waals surface area contributed by atoms with Gasteiger partial charge in [-0.25, -0.2) is 4.79 Å². The number of ether oxygens (including phenoxy) is 1. The van der Waals surface area contributed by atoms with E-state index in [0.717, 1.165) is 32.1 Å². The molecular weight excluding hydrogens is 336 g/mol. The van der Waals surface area contributed by atoms with Crippen LogP contribution in [0.4, 0.5) is 0 Å². The van der Waals surface area contributed by atoms with Gasteiger partial charge < -0.3 is 14.7 Å². The van der Waals surface area contributed by atoms with Crippen molar-refractivity contribution in [3.05, 3.63) is 0 Å². The van der Waals surface area contributed by atoms with Gasteiger partial charge in [-0.1, -0.05) is 26.2 Å². The number of fused-ring (bicyclic) bond motifs is 1. The zero-order valence-corrected chi connectivity index (χ0v) is 16.1. The highest BCUT2D eigenvalue weighted by Gasteiger charge is 2.48. The Hall–Kier alpha value is -1.63. The molecule has 1 amide bonds. The first-order valence-electron chi connectivity index (χ1n) is 9.88. The summed E-state index contributed by atoms with van der Waals surface area (Å²) in [5.74, 6) is -1.24. The molecule has 26 heavy (non-hydrogen) atoms. The number of aliphatic carboxylic acids is 1. The zero-order valence-electron chi connectivity index (χ0n) is 16.1. The number of esters is 1. The summed E-state index contributed by atoms with van der Waals surface area (Å²) in [7, 11) is 0. The summed E-state index contributed by atoms with van der Waals surface area (Å²) >= 11 is 0. The number of likely N-dealkylation sites (tertiary alicyclic amines) is 1. The van der Waals surface area contributed by atoms with Crippen molar-refractivity contribution in [3.63, 3.8) is 0 Å². The molecule has 1 saturated heterocycles. The molecule has 5 atom stereocenters. The molecule has 0 aromatic heterocycles. The number of carboxylic acids is 1. The molecule has 148 valence electrons. The highest BCUT2D eigenvalue weighted by Crippen LogP contribution is 2.40. The van der Waals surface area contributed by atoms with Crippen molar-refractivity contribution in [1.82, 2.24) is 10.2 Å². The molecule has 0 radical (unpaired) electrons. The third-order valence-electron chi connectivity index (χ3n) is 5.60. The largest absolute Gasteiger partial charge is 0.480 e. The van der Waals surface area contributed by atoms with Crippen LogP contribution in [-0.4, -0.2) is 58.6 Å². The Kier molecular flexibility index (Phi) is 7.43. The van der Waals surface area contributed by atoms with Crippen LogP contribution in [0.15, 0.2) is 0 Å². The Morgan fingerprint density at radius 1 is 1.23 bits per heavy atom. The Morgan fingerprint density at radius 3 is 2.54 bits per heavy atom. The number of nitrogens with one attached hydrogen (secondary N) is 1. The summed E-state index contributed by atoms with van der Waals surface area (Å²) in [5, 5.41) is 12.7. The number of carbonyl (C=O) groups excluding carboxylic acids is 2. The predicted octanol–water partition coefficient (Wildman–Crippen LogP) is 1.94. The number of hydrogen-bond acceptors (Lipinski definition) is 5. The van der Waals surface area contributed by atoms with Crippen LogP contribution in [-0.2, 0) is 19.1 Å². The van der Waals surface area contributed by atoms with Crippen molar-refractivity contribution in [3.8, 4) is 0 Å². The van der Waals surface area contributed by atoms with Crippen molar-refractivity contribution in [2.45, 2.75) is 89.9 Å². The van der Waals surface area contributed by atoms with Crippen LogP contribution in [0.3, 0.4) is 0 Å². The third kappa shape index (κ3) is 4.55. The van der Waals surface area contributed by atoms with Crippen LogP contribution in [0.1, 0.15) is 65.7 Å². The summed E-state index contributed by atoms with van der Waals surface area (Å²) in [6.07, 6.45) is 5.87. The second-order valence-electron chi connectivity index (χ2n) is 7.43. The number of carboxylic acid groups (broad SMARTS) is 1. The van der Waals surface area contributed by atoms with Crippen LogP contribution in [0.5, 0.6) is 0 Å². The van der Waals surface area contributed by atoms with E-state index in [4.69, 9.17) is 4.74 Å². The van der Waals surface area contributed by atoms with Gasteiger partial charge in [-0.05, 0) is 45.4 Å². The van der Waals surface area contributed by atoms with Crippen LogP contribution >= 0.6 is 0 Å². The summed E-state index contributed by atoms with van der Waals surface area (Å²) in [5.41, 5.74) is 0. The van der Waals surface area contributed by atoms with Crippen LogP contribution in [0, 0.1) is 5.92 Å². The maximum atomic E-state index is 13.1. The van der Waals surface area contributed by atoms with Crippen molar-refractivity contribution < 1.29 is 24.2 Å². The maximum Gasteiger partial charge on any atom is 0.326 e. The average Bonchev–Trinajstić information content (AvgIpc) is 3.00. The third-order valence-corrected chi connectivity index (χ3v) is 5.60. The number of nitrogens with zero attached hydrogens (tertiary/aromatic N) is 1. The Labute approximate surface area is 155 Å². The lowest BCUT2D eigenvalue weighted by atomic mass is 9.84. The lowest BCUT2D eigenvalue weighted by Gasteiger charge is -2.35. The summed E-state index contributed by atoms with van der Waals surface area (Å²) in [6, 6.07) is -1.92. The van der Waals surface area contributed by atoms with Crippen LogP contribution in [0.2, 0.25) is 0 Å². The van der Waals surface area contributed by atoms with Crippen molar-refractivity contribution in [2.75, 3.05) is 6.61 Å². The molecule has 2 aliphatic rings. The van der Waals surface area contributed by atoms with E-state index in [1.807, 2.05) is 6.92 Å². The highest BCUT2D eigenvalue weighted by atomic mass is 16.5. The van der Waals surface area contributed by atoms with Crippen molar-refractivity contribution in [1.29, 1.82) is 0 Å². The van der Waals surface area contributed by atoms with Crippen LogP contribution < -0.4 is 5.32 Å². The second-order valence-corrected chi connectivity index (χ2v) is 7.43. The fraction of sp³-hybridized carbons (Fsp3) is 0.842. The van der Waals surface area contributed by atoms with E-state index in [9.17, 15) is 19.5 Å². The van der Waals surface area contributed by atoms with Gasteiger partial charge in [0, 0.05) is 6.04 Å². The summed E-state index contributed by atoms with van der Waals surface area (Å²) in [6.45, 7) is 5.72. The molecule has 2 fully saturated rings. The van der Waals surface area contributed by atoms with E-state index in [1.54, 1.807) is 18.7 Å². The molecule has 0 bridgehead atoms. The van der Waals surface area contributed by atoms with Gasteiger partial charge in [0.05, 0.1) is 12.6 Å². The molecule has 7 nitrogen and oxygen atoms in total. The van der Waals surface area contributed by atoms with Gasteiger partial charge in [0.25, 0.3) is 0 Å². The lowest BCUT2D eigenvalue weighted by Crippen LogP contribution is -2.55. The molecule has 1 aliphatic carbocycles. The van der Waals surface area contributed by atoms with Gasteiger partial charge in [-0.15, -0.1) is 0 Å². The molecule has 2 unspecified atom stereocenters. The van der Waals surface area contributed by atoms with Crippen LogP contribution in [0.25, 0.3) is 0 Å². The molecule has 0 aromatic carbocycles. The molecule has 7 heteroatoms. The van der Waals surface area contributed by atoms with E-state index in [1.165, 1.54) is 0 Å². The van der Waals surface area contributed by atoms with Crippen molar-refractivity contribution in [2.24, 2.45) is 5.92 Å². The average molecular weight is 368 g/mol. The topological polar surface area (TPSA) is 95.9 Å². The monoisotopic (exact) mass is 368 g/mol. The van der Waals surface area contributed by atoms with E-state index >= 15 is 0 Å². The molecule has 2 N–H and O–H groups in total. The normalized spacial score (nSPS) is 27.5. The minimum atomic E-state index is -0.935. The van der Waals surface area contributed by atoms with E-state index in [2.05, 4.69) is 5.32 Å². The molecule has 0 aromatic rings. The first-order chi connectivity index (χ1) is 12.4. The molecular formula is C19H32N2O5. The van der Waals surface area contributed by atoms with E-state index < -0.39 is 24.1 Å². The molecule has 1 saturated carbocycles. The Bertz CT molecular complexity index is 524. The van der Waals surface area contributed by atoms with Gasteiger partial charge in [-0.2, -0.15) is 0 Å².